The molecule has 2 fully saturated rings. The second-order valence-corrected chi connectivity index (χ2v) is 11.8. The molecule has 1 unspecified atom stereocenters. The molecule has 3 aromatic carbocycles. The van der Waals surface area contributed by atoms with Crippen LogP contribution in [-0.4, -0.2) is 53.7 Å². The first-order chi connectivity index (χ1) is 21.0. The van der Waals surface area contributed by atoms with Gasteiger partial charge in [0.05, 0.1) is 23.4 Å². The van der Waals surface area contributed by atoms with E-state index in [0.29, 0.717) is 17.9 Å². The molecule has 8 heteroatoms. The quantitative estimate of drug-likeness (QED) is 0.170. The topological polar surface area (TPSA) is 39.5 Å². The standard InChI is InChI=1S/C35H38ClF2N3O2/c1-2-30(31-13-10-27(38)21-32(31)36)35(24-7-11-28(12-8-24)43-29-15-18-40(23-29)17-5-16-37)25-9-14-33-26(20-25)22-39-41(33)34-6-3-4-19-42-34/h7-14,20-22,29,34H,2-6,15-19,23H2,1H3/b35-30+/t29-,34?/m0/s1. The van der Waals surface area contributed by atoms with Crippen LogP contribution < -0.4 is 4.74 Å². The molecule has 1 aromatic heterocycles. The van der Waals surface area contributed by atoms with E-state index in [0.717, 1.165) is 96.4 Å². The third-order valence-corrected chi connectivity index (χ3v) is 8.82. The first-order valence-electron chi connectivity index (χ1n) is 15.4. The lowest BCUT2D eigenvalue weighted by molar-refractivity contribution is -0.0366. The summed E-state index contributed by atoms with van der Waals surface area (Å²) in [7, 11) is 0. The molecule has 0 bridgehead atoms. The molecule has 0 N–H and O–H groups in total. The van der Waals surface area contributed by atoms with Crippen LogP contribution in [0.4, 0.5) is 8.78 Å². The zero-order valence-electron chi connectivity index (χ0n) is 24.6. The van der Waals surface area contributed by atoms with Crippen molar-refractivity contribution in [1.82, 2.24) is 14.7 Å². The van der Waals surface area contributed by atoms with Crippen molar-refractivity contribution in [2.75, 3.05) is 32.9 Å². The van der Waals surface area contributed by atoms with Crippen LogP contribution in [0.5, 0.6) is 5.75 Å². The minimum Gasteiger partial charge on any atom is -0.489 e. The average Bonchev–Trinajstić information content (AvgIpc) is 3.66. The van der Waals surface area contributed by atoms with Gasteiger partial charge in [0.1, 0.15) is 17.7 Å². The number of hydrogen-bond donors (Lipinski definition) is 0. The zero-order valence-corrected chi connectivity index (χ0v) is 25.3. The molecule has 2 aliphatic rings. The summed E-state index contributed by atoms with van der Waals surface area (Å²) >= 11 is 6.62. The van der Waals surface area contributed by atoms with Crippen LogP contribution in [0.3, 0.4) is 0 Å². The van der Waals surface area contributed by atoms with Crippen molar-refractivity contribution in [3.63, 3.8) is 0 Å². The fourth-order valence-corrected chi connectivity index (χ4v) is 6.66. The molecule has 2 atom stereocenters. The molecule has 5 nitrogen and oxygen atoms in total. The summed E-state index contributed by atoms with van der Waals surface area (Å²) in [6.07, 6.45) is 7.32. The molecular weight excluding hydrogens is 568 g/mol. The fraction of sp³-hybridized carbons (Fsp3) is 0.400. The summed E-state index contributed by atoms with van der Waals surface area (Å²) in [5.41, 5.74) is 5.95. The van der Waals surface area contributed by atoms with Crippen molar-refractivity contribution in [3.8, 4) is 5.75 Å². The van der Waals surface area contributed by atoms with Gasteiger partial charge in [0.25, 0.3) is 0 Å². The first kappa shape index (κ1) is 29.8. The van der Waals surface area contributed by atoms with Crippen molar-refractivity contribution < 1.29 is 18.3 Å². The molecule has 0 saturated carbocycles. The minimum absolute atomic E-state index is 0.0421. The average molecular weight is 606 g/mol. The molecule has 0 radical (unpaired) electrons. The van der Waals surface area contributed by atoms with Crippen molar-refractivity contribution in [2.24, 2.45) is 0 Å². The fourth-order valence-electron chi connectivity index (χ4n) is 6.38. The molecule has 4 aromatic rings. The van der Waals surface area contributed by atoms with Gasteiger partial charge >= 0.3 is 0 Å². The highest BCUT2D eigenvalue weighted by atomic mass is 35.5. The molecule has 43 heavy (non-hydrogen) atoms. The van der Waals surface area contributed by atoms with E-state index in [1.54, 1.807) is 6.07 Å². The lowest BCUT2D eigenvalue weighted by Gasteiger charge is -2.23. The van der Waals surface area contributed by atoms with Gasteiger partial charge in [0, 0.05) is 31.6 Å². The van der Waals surface area contributed by atoms with Crippen LogP contribution in [0, 0.1) is 5.82 Å². The van der Waals surface area contributed by atoms with E-state index in [9.17, 15) is 8.78 Å². The van der Waals surface area contributed by atoms with E-state index in [4.69, 9.17) is 26.2 Å². The summed E-state index contributed by atoms with van der Waals surface area (Å²) in [6, 6.07) is 19.2. The maximum atomic E-state index is 14.0. The van der Waals surface area contributed by atoms with Gasteiger partial charge in [-0.15, -0.1) is 0 Å². The van der Waals surface area contributed by atoms with Crippen LogP contribution >= 0.6 is 11.6 Å². The number of rotatable bonds is 10. The normalized spacial score (nSPS) is 20.0. The van der Waals surface area contributed by atoms with Crippen molar-refractivity contribution >= 4 is 33.7 Å². The number of halogens is 3. The molecule has 3 heterocycles. The van der Waals surface area contributed by atoms with Crippen molar-refractivity contribution in [2.45, 2.75) is 57.8 Å². The molecule has 2 saturated heterocycles. The third kappa shape index (κ3) is 6.64. The van der Waals surface area contributed by atoms with E-state index in [1.165, 1.54) is 12.1 Å². The zero-order chi connectivity index (χ0) is 29.8. The van der Waals surface area contributed by atoms with Crippen LogP contribution in [-0.2, 0) is 4.74 Å². The largest absolute Gasteiger partial charge is 0.489 e. The summed E-state index contributed by atoms with van der Waals surface area (Å²) in [4.78, 5) is 2.26. The number of aromatic nitrogens is 2. The molecule has 0 spiro atoms. The van der Waals surface area contributed by atoms with Crippen LogP contribution in [0.2, 0.25) is 5.02 Å². The lowest BCUT2D eigenvalue weighted by Crippen LogP contribution is -2.26. The Balaban J connectivity index is 1.36. The Morgan fingerprint density at radius 1 is 1.05 bits per heavy atom. The minimum atomic E-state index is -0.360. The summed E-state index contributed by atoms with van der Waals surface area (Å²) < 4.78 is 41.0. The monoisotopic (exact) mass is 605 g/mol. The van der Waals surface area contributed by atoms with E-state index in [-0.39, 0.29) is 24.8 Å². The van der Waals surface area contributed by atoms with Crippen molar-refractivity contribution in [1.29, 1.82) is 0 Å². The Morgan fingerprint density at radius 2 is 1.88 bits per heavy atom. The number of ether oxygens (including phenoxy) is 2. The number of benzene rings is 3. The first-order valence-corrected chi connectivity index (χ1v) is 15.7. The number of likely N-dealkylation sites (tertiary alicyclic amines) is 1. The number of fused-ring (bicyclic) bond motifs is 1. The number of allylic oxidation sites excluding steroid dienone is 1. The Bertz CT molecular complexity index is 1580. The lowest BCUT2D eigenvalue weighted by atomic mass is 9.87. The predicted octanol–water partition coefficient (Wildman–Crippen LogP) is 8.71. The second kappa shape index (κ2) is 13.6. The smallest absolute Gasteiger partial charge is 0.150 e. The Labute approximate surface area is 257 Å². The Morgan fingerprint density at radius 3 is 2.63 bits per heavy atom. The summed E-state index contributed by atoms with van der Waals surface area (Å²) in [6.45, 7) is 5.08. The maximum absolute atomic E-state index is 14.0. The van der Waals surface area contributed by atoms with Gasteiger partial charge in [0.15, 0.2) is 6.23 Å². The Kier molecular flexibility index (Phi) is 9.41. The molecule has 0 aliphatic carbocycles. The van der Waals surface area contributed by atoms with Gasteiger partial charge in [-0.25, -0.2) is 9.07 Å². The Hall–Kier alpha value is -3.26. The highest BCUT2D eigenvalue weighted by Crippen LogP contribution is 2.39. The van der Waals surface area contributed by atoms with Crippen molar-refractivity contribution in [3.05, 3.63) is 94.4 Å². The summed E-state index contributed by atoms with van der Waals surface area (Å²) in [5.74, 6) is 0.448. The van der Waals surface area contributed by atoms with Crippen LogP contribution in [0.25, 0.3) is 22.0 Å². The third-order valence-electron chi connectivity index (χ3n) is 8.51. The van der Waals surface area contributed by atoms with Crippen LogP contribution in [0.1, 0.15) is 68.4 Å². The molecule has 6 rings (SSSR count). The molecule has 226 valence electrons. The van der Waals surface area contributed by atoms with Gasteiger partial charge in [-0.2, -0.15) is 5.10 Å². The van der Waals surface area contributed by atoms with E-state index < -0.39 is 0 Å². The molecule has 0 amide bonds. The predicted molar refractivity (Wildman–Crippen MR) is 169 cm³/mol. The highest BCUT2D eigenvalue weighted by molar-refractivity contribution is 6.32. The van der Waals surface area contributed by atoms with Gasteiger partial charge < -0.3 is 9.47 Å². The van der Waals surface area contributed by atoms with E-state index in [2.05, 4.69) is 42.2 Å². The van der Waals surface area contributed by atoms with Gasteiger partial charge in [0.2, 0.25) is 0 Å². The maximum Gasteiger partial charge on any atom is 0.150 e. The van der Waals surface area contributed by atoms with E-state index >= 15 is 0 Å². The van der Waals surface area contributed by atoms with Gasteiger partial charge in [-0.3, -0.25) is 9.29 Å². The summed E-state index contributed by atoms with van der Waals surface area (Å²) in [5, 5.41) is 6.11. The van der Waals surface area contributed by atoms with E-state index in [1.807, 2.05) is 23.0 Å². The molecule has 2 aliphatic heterocycles. The van der Waals surface area contributed by atoms with Gasteiger partial charge in [-0.05, 0) is 103 Å². The number of hydrogen-bond acceptors (Lipinski definition) is 4. The highest BCUT2D eigenvalue weighted by Gasteiger charge is 2.24. The second-order valence-electron chi connectivity index (χ2n) is 11.4. The number of nitrogens with zero attached hydrogens (tertiary/aromatic N) is 3. The molecular formula is C35H38ClF2N3O2. The van der Waals surface area contributed by atoms with Crippen LogP contribution in [0.15, 0.2) is 66.9 Å². The van der Waals surface area contributed by atoms with Gasteiger partial charge in [-0.1, -0.05) is 42.8 Å². The SMILES string of the molecule is CC/C(=C(/c1ccc(O[C@H]2CCN(CCCF)C2)cc1)c1ccc2c(cnn2C2CCCCO2)c1)c1ccc(F)cc1Cl. The number of alkyl halides is 1.